The highest BCUT2D eigenvalue weighted by Gasteiger charge is 2.37. The molecule has 2 N–H and O–H groups in total. The first kappa shape index (κ1) is 14.5. The normalized spacial score (nSPS) is 29.9. The highest BCUT2D eigenvalue weighted by Crippen LogP contribution is 2.24. The van der Waals surface area contributed by atoms with E-state index in [9.17, 15) is 9.90 Å². The van der Waals surface area contributed by atoms with Crippen LogP contribution in [0.3, 0.4) is 0 Å². The highest BCUT2D eigenvalue weighted by molar-refractivity contribution is 5.78. The molecule has 1 rings (SSSR count). The van der Waals surface area contributed by atoms with Gasteiger partial charge in [0.05, 0.1) is 0 Å². The molecule has 17 heavy (non-hydrogen) atoms. The zero-order valence-corrected chi connectivity index (χ0v) is 11.5. The number of carbonyl (C=O) groups is 1. The maximum atomic E-state index is 11.4. The SMILES string of the molecule is CCNC(C)(CN1CCCC(C)C1C)C(=O)O. The second-order valence-electron chi connectivity index (χ2n) is 5.50. The second kappa shape index (κ2) is 5.83. The molecule has 4 heteroatoms. The number of nitrogens with zero attached hydrogens (tertiary/aromatic N) is 1. The number of carboxylic acids is 1. The lowest BCUT2D eigenvalue weighted by molar-refractivity contribution is -0.145. The van der Waals surface area contributed by atoms with Crippen molar-refractivity contribution in [2.24, 2.45) is 5.92 Å². The minimum absolute atomic E-state index is 0.473. The van der Waals surface area contributed by atoms with Crippen LogP contribution < -0.4 is 5.32 Å². The smallest absolute Gasteiger partial charge is 0.324 e. The summed E-state index contributed by atoms with van der Waals surface area (Å²) in [4.78, 5) is 13.7. The zero-order chi connectivity index (χ0) is 13.1. The van der Waals surface area contributed by atoms with Gasteiger partial charge in [-0.15, -0.1) is 0 Å². The molecule has 1 saturated heterocycles. The van der Waals surface area contributed by atoms with Gasteiger partial charge in [0.25, 0.3) is 0 Å². The Morgan fingerprint density at radius 2 is 2.18 bits per heavy atom. The van der Waals surface area contributed by atoms with Crippen LogP contribution in [0.4, 0.5) is 0 Å². The standard InChI is InChI=1S/C13H26N2O2/c1-5-14-13(4,12(16)17)9-15-8-6-7-10(2)11(15)3/h10-11,14H,5-9H2,1-4H3,(H,16,17). The van der Waals surface area contributed by atoms with Crippen molar-refractivity contribution in [3.63, 3.8) is 0 Å². The Bertz CT molecular complexity index is 270. The molecule has 0 aromatic carbocycles. The van der Waals surface area contributed by atoms with Crippen molar-refractivity contribution >= 4 is 5.97 Å². The molecule has 0 aromatic rings. The lowest BCUT2D eigenvalue weighted by atomic mass is 9.90. The first-order chi connectivity index (χ1) is 7.90. The fourth-order valence-corrected chi connectivity index (χ4v) is 2.64. The van der Waals surface area contributed by atoms with Gasteiger partial charge in [-0.1, -0.05) is 13.8 Å². The van der Waals surface area contributed by atoms with Crippen LogP contribution >= 0.6 is 0 Å². The maximum Gasteiger partial charge on any atom is 0.324 e. The Morgan fingerprint density at radius 1 is 1.53 bits per heavy atom. The zero-order valence-electron chi connectivity index (χ0n) is 11.5. The number of hydrogen-bond acceptors (Lipinski definition) is 3. The minimum Gasteiger partial charge on any atom is -0.480 e. The van der Waals surface area contributed by atoms with Crippen molar-refractivity contribution in [3.05, 3.63) is 0 Å². The molecule has 3 atom stereocenters. The van der Waals surface area contributed by atoms with E-state index >= 15 is 0 Å². The summed E-state index contributed by atoms with van der Waals surface area (Å²) >= 11 is 0. The van der Waals surface area contributed by atoms with E-state index in [2.05, 4.69) is 24.1 Å². The van der Waals surface area contributed by atoms with E-state index < -0.39 is 11.5 Å². The van der Waals surface area contributed by atoms with Gasteiger partial charge in [0.1, 0.15) is 5.54 Å². The molecule has 1 heterocycles. The Labute approximate surface area is 104 Å². The Morgan fingerprint density at radius 3 is 2.71 bits per heavy atom. The molecular weight excluding hydrogens is 216 g/mol. The summed E-state index contributed by atoms with van der Waals surface area (Å²) in [6, 6.07) is 0.473. The van der Waals surface area contributed by atoms with Crippen molar-refractivity contribution in [2.75, 3.05) is 19.6 Å². The van der Waals surface area contributed by atoms with E-state index in [1.54, 1.807) is 6.92 Å². The van der Waals surface area contributed by atoms with Crippen LogP contribution in [-0.4, -0.2) is 47.2 Å². The molecule has 0 saturated carbocycles. The third kappa shape index (κ3) is 3.42. The molecule has 100 valence electrons. The summed E-state index contributed by atoms with van der Waals surface area (Å²) in [5.41, 5.74) is -0.833. The van der Waals surface area contributed by atoms with Gasteiger partial charge in [0, 0.05) is 12.6 Å². The molecule has 0 aliphatic carbocycles. The summed E-state index contributed by atoms with van der Waals surface area (Å²) in [5, 5.41) is 12.5. The monoisotopic (exact) mass is 242 g/mol. The number of hydrogen-bond donors (Lipinski definition) is 2. The van der Waals surface area contributed by atoms with Gasteiger partial charge in [-0.05, 0) is 45.7 Å². The number of likely N-dealkylation sites (tertiary alicyclic amines) is 1. The molecule has 1 fully saturated rings. The summed E-state index contributed by atoms with van der Waals surface area (Å²) < 4.78 is 0. The average molecular weight is 242 g/mol. The molecule has 0 spiro atoms. The Balaban J connectivity index is 2.69. The summed E-state index contributed by atoms with van der Waals surface area (Å²) in [5.74, 6) is -0.104. The highest BCUT2D eigenvalue weighted by atomic mass is 16.4. The fraction of sp³-hybridized carbons (Fsp3) is 0.923. The number of piperidine rings is 1. The first-order valence-corrected chi connectivity index (χ1v) is 6.63. The van der Waals surface area contributed by atoms with Gasteiger partial charge in [0.2, 0.25) is 0 Å². The molecule has 0 aromatic heterocycles. The van der Waals surface area contributed by atoms with Crippen LogP contribution in [-0.2, 0) is 4.79 Å². The van der Waals surface area contributed by atoms with Gasteiger partial charge in [0.15, 0.2) is 0 Å². The number of rotatable bonds is 5. The summed E-state index contributed by atoms with van der Waals surface area (Å²) in [6.07, 6.45) is 2.43. The maximum absolute atomic E-state index is 11.4. The van der Waals surface area contributed by atoms with Gasteiger partial charge < -0.3 is 10.4 Å². The molecule has 1 aliphatic rings. The van der Waals surface area contributed by atoms with Crippen LogP contribution in [0, 0.1) is 5.92 Å². The molecule has 4 nitrogen and oxygen atoms in total. The van der Waals surface area contributed by atoms with Gasteiger partial charge in [-0.25, -0.2) is 0 Å². The van der Waals surface area contributed by atoms with E-state index in [4.69, 9.17) is 0 Å². The van der Waals surface area contributed by atoms with E-state index in [-0.39, 0.29) is 0 Å². The predicted octanol–water partition coefficient (Wildman–Crippen LogP) is 1.56. The summed E-state index contributed by atoms with van der Waals surface area (Å²) in [7, 11) is 0. The predicted molar refractivity (Wildman–Crippen MR) is 69.2 cm³/mol. The van der Waals surface area contributed by atoms with Crippen molar-refractivity contribution in [1.82, 2.24) is 10.2 Å². The Hall–Kier alpha value is -0.610. The lowest BCUT2D eigenvalue weighted by Gasteiger charge is -2.42. The fourth-order valence-electron chi connectivity index (χ4n) is 2.64. The van der Waals surface area contributed by atoms with Crippen molar-refractivity contribution in [1.29, 1.82) is 0 Å². The van der Waals surface area contributed by atoms with Crippen LogP contribution in [0.5, 0.6) is 0 Å². The second-order valence-corrected chi connectivity index (χ2v) is 5.50. The van der Waals surface area contributed by atoms with Crippen LogP contribution in [0.2, 0.25) is 0 Å². The van der Waals surface area contributed by atoms with Gasteiger partial charge in [-0.3, -0.25) is 9.69 Å². The first-order valence-electron chi connectivity index (χ1n) is 6.63. The molecule has 0 radical (unpaired) electrons. The van der Waals surface area contributed by atoms with Crippen molar-refractivity contribution < 1.29 is 9.90 Å². The average Bonchev–Trinajstić information content (AvgIpc) is 2.25. The van der Waals surface area contributed by atoms with Crippen LogP contribution in [0.1, 0.15) is 40.5 Å². The van der Waals surface area contributed by atoms with Crippen LogP contribution in [0.15, 0.2) is 0 Å². The van der Waals surface area contributed by atoms with E-state index in [1.165, 1.54) is 12.8 Å². The third-order valence-electron chi connectivity index (χ3n) is 4.06. The number of nitrogens with one attached hydrogen (secondary N) is 1. The molecule has 0 amide bonds. The van der Waals surface area contributed by atoms with E-state index in [0.29, 0.717) is 25.0 Å². The van der Waals surface area contributed by atoms with Gasteiger partial charge in [-0.2, -0.15) is 0 Å². The molecule has 0 bridgehead atoms. The number of aliphatic carboxylic acids is 1. The van der Waals surface area contributed by atoms with Crippen LogP contribution in [0.25, 0.3) is 0 Å². The molecule has 1 aliphatic heterocycles. The third-order valence-corrected chi connectivity index (χ3v) is 4.06. The topological polar surface area (TPSA) is 52.6 Å². The van der Waals surface area contributed by atoms with Crippen molar-refractivity contribution in [3.8, 4) is 0 Å². The largest absolute Gasteiger partial charge is 0.480 e. The molecular formula is C13H26N2O2. The number of carboxylic acid groups (broad SMARTS) is 1. The van der Waals surface area contributed by atoms with Gasteiger partial charge >= 0.3 is 5.97 Å². The van der Waals surface area contributed by atoms with Crippen molar-refractivity contribution in [2.45, 2.75) is 52.1 Å². The minimum atomic E-state index is -0.833. The lowest BCUT2D eigenvalue weighted by Crippen LogP contribution is -2.59. The Kier molecular flexibility index (Phi) is 4.95. The van der Waals surface area contributed by atoms with E-state index in [0.717, 1.165) is 6.54 Å². The summed E-state index contributed by atoms with van der Waals surface area (Å²) in [6.45, 7) is 10.5. The number of likely N-dealkylation sites (N-methyl/N-ethyl adjacent to an activating group) is 1. The van der Waals surface area contributed by atoms with E-state index in [1.807, 2.05) is 6.92 Å². The molecule has 3 unspecified atom stereocenters. The quantitative estimate of drug-likeness (QED) is 0.768.